The van der Waals surface area contributed by atoms with Crippen LogP contribution < -0.4 is 15.0 Å². The highest BCUT2D eigenvalue weighted by atomic mass is 16.5. The summed E-state index contributed by atoms with van der Waals surface area (Å²) in [5.41, 5.74) is 4.06. The minimum Gasteiger partial charge on any atom is -0.457 e. The highest BCUT2D eigenvalue weighted by Crippen LogP contribution is 2.31. The summed E-state index contributed by atoms with van der Waals surface area (Å²) < 4.78 is 5.83. The van der Waals surface area contributed by atoms with Crippen LogP contribution >= 0.6 is 0 Å². The molecule has 0 aromatic heterocycles. The molecule has 0 aliphatic carbocycles. The van der Waals surface area contributed by atoms with Crippen LogP contribution in [0.3, 0.4) is 0 Å². The number of anilines is 2. The predicted octanol–water partition coefficient (Wildman–Crippen LogP) is 6.15. The molecule has 4 aromatic rings. The van der Waals surface area contributed by atoms with Gasteiger partial charge in [0.25, 0.3) is 17.7 Å². The number of nitrogens with zero attached hydrogens (tertiary/aromatic N) is 1. The molecule has 172 valence electrons. The normalized spacial score (nSPS) is 12.5. The van der Waals surface area contributed by atoms with Crippen LogP contribution in [-0.4, -0.2) is 17.7 Å². The van der Waals surface area contributed by atoms with E-state index < -0.39 is 11.8 Å². The molecule has 0 radical (unpaired) electrons. The molecule has 0 spiro atoms. The summed E-state index contributed by atoms with van der Waals surface area (Å²) >= 11 is 0. The van der Waals surface area contributed by atoms with E-state index in [0.29, 0.717) is 28.4 Å². The molecule has 5 rings (SSSR count). The molecule has 1 aliphatic heterocycles. The van der Waals surface area contributed by atoms with E-state index in [-0.39, 0.29) is 17.0 Å². The number of carbonyl (C=O) groups excluding carboxylic acids is 3. The standard InChI is InChI=1S/C29H22N2O4/c1-18-3-8-21(9-4-18)30-27(32)20-7-16-25-26(17-20)29(34)31(28(25)33)22-10-14-24(15-11-22)35-23-12-5-19(2)6-13-23/h3-17H,1-2H3,(H,30,32). The zero-order valence-corrected chi connectivity index (χ0v) is 19.2. The van der Waals surface area contributed by atoms with Crippen LogP contribution in [0.2, 0.25) is 0 Å². The fourth-order valence-corrected chi connectivity index (χ4v) is 3.86. The van der Waals surface area contributed by atoms with Gasteiger partial charge in [-0.05, 0) is 80.6 Å². The quantitative estimate of drug-likeness (QED) is 0.361. The molecule has 4 aromatic carbocycles. The maximum Gasteiger partial charge on any atom is 0.266 e. The van der Waals surface area contributed by atoms with E-state index in [1.165, 1.54) is 12.1 Å². The first kappa shape index (κ1) is 22.1. The Bertz CT molecular complexity index is 1440. The Morgan fingerprint density at radius 3 is 1.86 bits per heavy atom. The monoisotopic (exact) mass is 462 g/mol. The minimum absolute atomic E-state index is 0.200. The van der Waals surface area contributed by atoms with Gasteiger partial charge in [0, 0.05) is 11.3 Å². The van der Waals surface area contributed by atoms with Gasteiger partial charge in [0.1, 0.15) is 11.5 Å². The van der Waals surface area contributed by atoms with Crippen molar-refractivity contribution < 1.29 is 19.1 Å². The number of rotatable bonds is 5. The molecule has 35 heavy (non-hydrogen) atoms. The van der Waals surface area contributed by atoms with Gasteiger partial charge in [-0.15, -0.1) is 0 Å². The minimum atomic E-state index is -0.470. The van der Waals surface area contributed by atoms with E-state index in [9.17, 15) is 14.4 Å². The summed E-state index contributed by atoms with van der Waals surface area (Å²) in [6.45, 7) is 3.96. The average molecular weight is 463 g/mol. The van der Waals surface area contributed by atoms with Crippen LogP contribution in [-0.2, 0) is 0 Å². The zero-order chi connectivity index (χ0) is 24.5. The lowest BCUT2D eigenvalue weighted by molar-refractivity contribution is 0.0925. The highest BCUT2D eigenvalue weighted by molar-refractivity contribution is 6.34. The van der Waals surface area contributed by atoms with Crippen LogP contribution in [0.1, 0.15) is 42.2 Å². The average Bonchev–Trinajstić information content (AvgIpc) is 3.12. The van der Waals surface area contributed by atoms with Crippen molar-refractivity contribution in [3.8, 4) is 11.5 Å². The molecular formula is C29H22N2O4. The van der Waals surface area contributed by atoms with Gasteiger partial charge in [-0.2, -0.15) is 0 Å². The van der Waals surface area contributed by atoms with E-state index in [1.807, 2.05) is 62.4 Å². The molecular weight excluding hydrogens is 440 g/mol. The van der Waals surface area contributed by atoms with Gasteiger partial charge in [0.15, 0.2) is 0 Å². The number of aryl methyl sites for hydroxylation is 2. The van der Waals surface area contributed by atoms with Crippen molar-refractivity contribution in [3.63, 3.8) is 0 Å². The van der Waals surface area contributed by atoms with Gasteiger partial charge in [-0.25, -0.2) is 4.90 Å². The Morgan fingerprint density at radius 2 is 1.23 bits per heavy atom. The predicted molar refractivity (Wildman–Crippen MR) is 134 cm³/mol. The van der Waals surface area contributed by atoms with Gasteiger partial charge in [-0.3, -0.25) is 14.4 Å². The lowest BCUT2D eigenvalue weighted by Gasteiger charge is -2.14. The Labute approximate surface area is 202 Å². The third-order valence-corrected chi connectivity index (χ3v) is 5.81. The van der Waals surface area contributed by atoms with Crippen molar-refractivity contribution in [1.29, 1.82) is 0 Å². The number of carbonyl (C=O) groups is 3. The second-order valence-corrected chi connectivity index (χ2v) is 8.44. The number of fused-ring (bicyclic) bond motifs is 1. The maximum absolute atomic E-state index is 13.1. The Balaban J connectivity index is 1.34. The molecule has 0 unspecified atom stereocenters. The van der Waals surface area contributed by atoms with E-state index in [4.69, 9.17) is 4.74 Å². The Morgan fingerprint density at radius 1 is 0.686 bits per heavy atom. The summed E-state index contributed by atoms with van der Waals surface area (Å²) in [5, 5.41) is 2.81. The second kappa shape index (κ2) is 8.91. The van der Waals surface area contributed by atoms with Gasteiger partial charge >= 0.3 is 0 Å². The summed E-state index contributed by atoms with van der Waals surface area (Å²) in [4.78, 5) is 39.9. The largest absolute Gasteiger partial charge is 0.457 e. The van der Waals surface area contributed by atoms with Crippen molar-refractivity contribution in [1.82, 2.24) is 0 Å². The number of amides is 3. The topological polar surface area (TPSA) is 75.7 Å². The molecule has 1 aliphatic rings. The fourth-order valence-electron chi connectivity index (χ4n) is 3.86. The Kier molecular flexibility index (Phi) is 5.63. The number of imide groups is 1. The van der Waals surface area contributed by atoms with Gasteiger partial charge in [0.2, 0.25) is 0 Å². The van der Waals surface area contributed by atoms with Crippen LogP contribution in [0.15, 0.2) is 91.0 Å². The summed E-state index contributed by atoms with van der Waals surface area (Å²) in [5.74, 6) is 0.0302. The third-order valence-electron chi connectivity index (χ3n) is 5.81. The molecule has 6 heteroatoms. The van der Waals surface area contributed by atoms with E-state index >= 15 is 0 Å². The molecule has 3 amide bonds. The number of benzene rings is 4. The van der Waals surface area contributed by atoms with Crippen LogP contribution in [0, 0.1) is 13.8 Å². The van der Waals surface area contributed by atoms with Crippen LogP contribution in [0.4, 0.5) is 11.4 Å². The van der Waals surface area contributed by atoms with E-state index in [2.05, 4.69) is 5.32 Å². The molecule has 0 saturated heterocycles. The molecule has 1 N–H and O–H groups in total. The maximum atomic E-state index is 13.1. The van der Waals surface area contributed by atoms with E-state index in [1.54, 1.807) is 30.3 Å². The SMILES string of the molecule is Cc1ccc(NC(=O)c2ccc3c(c2)C(=O)N(c2ccc(Oc4ccc(C)cc4)cc2)C3=O)cc1. The first-order valence-electron chi connectivity index (χ1n) is 11.1. The van der Waals surface area contributed by atoms with Crippen LogP contribution in [0.25, 0.3) is 0 Å². The van der Waals surface area contributed by atoms with Crippen LogP contribution in [0.5, 0.6) is 11.5 Å². The third kappa shape index (κ3) is 4.42. The number of hydrogen-bond donors (Lipinski definition) is 1. The summed E-state index contributed by atoms with van der Waals surface area (Å²) in [7, 11) is 0. The summed E-state index contributed by atoms with van der Waals surface area (Å²) in [6, 6.07) is 26.4. The van der Waals surface area contributed by atoms with Gasteiger partial charge in [-0.1, -0.05) is 35.4 Å². The van der Waals surface area contributed by atoms with Crippen molar-refractivity contribution in [2.24, 2.45) is 0 Å². The number of hydrogen-bond acceptors (Lipinski definition) is 4. The first-order valence-corrected chi connectivity index (χ1v) is 11.1. The lowest BCUT2D eigenvalue weighted by Crippen LogP contribution is -2.29. The molecule has 0 bridgehead atoms. The van der Waals surface area contributed by atoms with E-state index in [0.717, 1.165) is 16.0 Å². The second-order valence-electron chi connectivity index (χ2n) is 8.44. The number of nitrogens with one attached hydrogen (secondary N) is 1. The van der Waals surface area contributed by atoms with Gasteiger partial charge < -0.3 is 10.1 Å². The van der Waals surface area contributed by atoms with Crippen molar-refractivity contribution in [2.75, 3.05) is 10.2 Å². The zero-order valence-electron chi connectivity index (χ0n) is 19.2. The number of ether oxygens (including phenoxy) is 1. The molecule has 0 fully saturated rings. The van der Waals surface area contributed by atoms with Crippen molar-refractivity contribution in [2.45, 2.75) is 13.8 Å². The Hall–Kier alpha value is -4.71. The smallest absolute Gasteiger partial charge is 0.266 e. The van der Waals surface area contributed by atoms with Gasteiger partial charge in [0.05, 0.1) is 16.8 Å². The van der Waals surface area contributed by atoms with Crippen molar-refractivity contribution >= 4 is 29.1 Å². The first-order chi connectivity index (χ1) is 16.9. The summed E-state index contributed by atoms with van der Waals surface area (Å²) in [6.07, 6.45) is 0. The molecule has 0 atom stereocenters. The van der Waals surface area contributed by atoms with Crippen molar-refractivity contribution in [3.05, 3.63) is 119 Å². The molecule has 1 heterocycles. The molecule has 6 nitrogen and oxygen atoms in total. The molecule has 0 saturated carbocycles. The fraction of sp³-hybridized carbons (Fsp3) is 0.0690. The lowest BCUT2D eigenvalue weighted by atomic mass is 10.1. The highest BCUT2D eigenvalue weighted by Gasteiger charge is 2.37.